The van der Waals surface area contributed by atoms with Gasteiger partial charge in [-0.2, -0.15) is 0 Å². The molecule has 0 aromatic heterocycles. The molecule has 0 spiro atoms. The largest absolute Gasteiger partial charge is 0.508 e. The van der Waals surface area contributed by atoms with Crippen LogP contribution in [-0.2, 0) is 17.6 Å². The van der Waals surface area contributed by atoms with Crippen LogP contribution in [0.25, 0.3) is 0 Å². The summed E-state index contributed by atoms with van der Waals surface area (Å²) in [6.07, 6.45) is 1.09. The molecule has 0 saturated heterocycles. The summed E-state index contributed by atoms with van der Waals surface area (Å²) in [6, 6.07) is 13.1. The van der Waals surface area contributed by atoms with Gasteiger partial charge in [-0.15, -0.1) is 0 Å². The first kappa shape index (κ1) is 17.9. The van der Waals surface area contributed by atoms with Crippen molar-refractivity contribution in [2.45, 2.75) is 26.7 Å². The number of anilines is 2. The lowest BCUT2D eigenvalue weighted by molar-refractivity contribution is -0.115. The summed E-state index contributed by atoms with van der Waals surface area (Å²) in [7, 11) is 3.96. The van der Waals surface area contributed by atoms with E-state index in [2.05, 4.69) is 19.2 Å². The van der Waals surface area contributed by atoms with Crippen LogP contribution in [0.15, 0.2) is 42.5 Å². The molecular weight excluding hydrogens is 300 g/mol. The molecule has 0 aliphatic rings. The molecule has 0 radical (unpaired) electrons. The lowest BCUT2D eigenvalue weighted by Crippen LogP contribution is -2.15. The number of carbonyl (C=O) groups excluding carboxylic acids is 1. The van der Waals surface area contributed by atoms with Gasteiger partial charge in [0.2, 0.25) is 5.91 Å². The molecule has 0 atom stereocenters. The average molecular weight is 326 g/mol. The SMILES string of the molecule is CC(C)Cc1cc(CC(=O)Nc2ccc(N(C)C)cc2)ccc1O. The van der Waals surface area contributed by atoms with E-state index in [0.29, 0.717) is 18.1 Å². The zero-order chi connectivity index (χ0) is 17.7. The number of nitrogens with zero attached hydrogens (tertiary/aromatic N) is 1. The number of hydrogen-bond donors (Lipinski definition) is 2. The van der Waals surface area contributed by atoms with Crippen molar-refractivity contribution in [2.24, 2.45) is 5.92 Å². The van der Waals surface area contributed by atoms with Crippen molar-refractivity contribution in [3.8, 4) is 5.75 Å². The molecule has 0 unspecified atom stereocenters. The maximum Gasteiger partial charge on any atom is 0.228 e. The first-order valence-corrected chi connectivity index (χ1v) is 8.23. The summed E-state index contributed by atoms with van der Waals surface area (Å²) in [6.45, 7) is 4.21. The first-order chi connectivity index (χ1) is 11.3. The Morgan fingerprint density at radius 1 is 1.12 bits per heavy atom. The molecule has 128 valence electrons. The highest BCUT2D eigenvalue weighted by Gasteiger charge is 2.09. The van der Waals surface area contributed by atoms with Crippen LogP contribution in [0.2, 0.25) is 0 Å². The predicted molar refractivity (Wildman–Crippen MR) is 99.8 cm³/mol. The van der Waals surface area contributed by atoms with Crippen LogP contribution < -0.4 is 10.2 Å². The normalized spacial score (nSPS) is 10.7. The van der Waals surface area contributed by atoms with E-state index in [0.717, 1.165) is 28.9 Å². The zero-order valence-electron chi connectivity index (χ0n) is 14.8. The van der Waals surface area contributed by atoms with Crippen LogP contribution in [0.4, 0.5) is 11.4 Å². The fourth-order valence-electron chi connectivity index (χ4n) is 2.59. The molecule has 1 amide bonds. The number of amides is 1. The van der Waals surface area contributed by atoms with E-state index in [-0.39, 0.29) is 5.91 Å². The third kappa shape index (κ3) is 5.01. The monoisotopic (exact) mass is 326 g/mol. The van der Waals surface area contributed by atoms with Crippen LogP contribution in [-0.4, -0.2) is 25.1 Å². The highest BCUT2D eigenvalue weighted by atomic mass is 16.3. The van der Waals surface area contributed by atoms with Crippen molar-refractivity contribution >= 4 is 17.3 Å². The Bertz CT molecular complexity index is 691. The Balaban J connectivity index is 2.01. The quantitative estimate of drug-likeness (QED) is 0.848. The summed E-state index contributed by atoms with van der Waals surface area (Å²) in [5.74, 6) is 0.691. The smallest absolute Gasteiger partial charge is 0.228 e. The second-order valence-electron chi connectivity index (χ2n) is 6.73. The van der Waals surface area contributed by atoms with Crippen molar-refractivity contribution in [1.82, 2.24) is 0 Å². The van der Waals surface area contributed by atoms with Gasteiger partial charge < -0.3 is 15.3 Å². The number of carbonyl (C=O) groups is 1. The van der Waals surface area contributed by atoms with E-state index in [1.165, 1.54) is 0 Å². The predicted octanol–water partition coefficient (Wildman–Crippen LogP) is 3.84. The maximum absolute atomic E-state index is 12.2. The van der Waals surface area contributed by atoms with Gasteiger partial charge in [0, 0.05) is 25.5 Å². The first-order valence-electron chi connectivity index (χ1n) is 8.23. The summed E-state index contributed by atoms with van der Waals surface area (Å²) in [5, 5.41) is 12.8. The van der Waals surface area contributed by atoms with E-state index in [9.17, 15) is 9.90 Å². The molecule has 0 aliphatic carbocycles. The van der Waals surface area contributed by atoms with Crippen LogP contribution in [0.1, 0.15) is 25.0 Å². The van der Waals surface area contributed by atoms with Crippen LogP contribution in [0, 0.1) is 5.92 Å². The molecule has 0 fully saturated rings. The topological polar surface area (TPSA) is 52.6 Å². The van der Waals surface area contributed by atoms with Gasteiger partial charge in [-0.25, -0.2) is 0 Å². The molecule has 0 saturated carbocycles. The van der Waals surface area contributed by atoms with Crippen molar-refractivity contribution < 1.29 is 9.90 Å². The lowest BCUT2D eigenvalue weighted by Gasteiger charge is -2.13. The van der Waals surface area contributed by atoms with E-state index in [4.69, 9.17) is 0 Å². The van der Waals surface area contributed by atoms with Gasteiger partial charge in [0.1, 0.15) is 5.75 Å². The number of nitrogens with one attached hydrogen (secondary N) is 1. The van der Waals surface area contributed by atoms with Gasteiger partial charge >= 0.3 is 0 Å². The zero-order valence-corrected chi connectivity index (χ0v) is 14.8. The number of phenols is 1. The van der Waals surface area contributed by atoms with Gasteiger partial charge in [-0.05, 0) is 53.8 Å². The maximum atomic E-state index is 12.2. The molecule has 0 aliphatic heterocycles. The fourth-order valence-corrected chi connectivity index (χ4v) is 2.59. The highest BCUT2D eigenvalue weighted by Crippen LogP contribution is 2.22. The van der Waals surface area contributed by atoms with Crippen molar-refractivity contribution in [2.75, 3.05) is 24.3 Å². The van der Waals surface area contributed by atoms with E-state index in [1.54, 1.807) is 12.1 Å². The Morgan fingerprint density at radius 3 is 2.38 bits per heavy atom. The van der Waals surface area contributed by atoms with E-state index < -0.39 is 0 Å². The van der Waals surface area contributed by atoms with E-state index >= 15 is 0 Å². The molecule has 2 aromatic carbocycles. The molecule has 4 nitrogen and oxygen atoms in total. The minimum absolute atomic E-state index is 0.0613. The van der Waals surface area contributed by atoms with Gasteiger partial charge in [0.15, 0.2) is 0 Å². The number of benzene rings is 2. The van der Waals surface area contributed by atoms with E-state index in [1.807, 2.05) is 49.3 Å². The fraction of sp³-hybridized carbons (Fsp3) is 0.350. The Labute approximate surface area is 144 Å². The molecule has 4 heteroatoms. The molecule has 2 aromatic rings. The number of hydrogen-bond acceptors (Lipinski definition) is 3. The third-order valence-corrected chi connectivity index (χ3v) is 3.80. The van der Waals surface area contributed by atoms with Crippen molar-refractivity contribution in [1.29, 1.82) is 0 Å². The van der Waals surface area contributed by atoms with Gasteiger partial charge in [0.25, 0.3) is 0 Å². The molecule has 2 rings (SSSR count). The number of phenolic OH excluding ortho intramolecular Hbond substituents is 1. The summed E-state index contributed by atoms with van der Waals surface area (Å²) in [4.78, 5) is 14.2. The third-order valence-electron chi connectivity index (χ3n) is 3.80. The molecular formula is C20H26N2O2. The molecule has 24 heavy (non-hydrogen) atoms. The minimum atomic E-state index is -0.0613. The Kier molecular flexibility index (Phi) is 5.85. The highest BCUT2D eigenvalue weighted by molar-refractivity contribution is 5.92. The second-order valence-corrected chi connectivity index (χ2v) is 6.73. The second kappa shape index (κ2) is 7.86. The standard InChI is InChI=1S/C20H26N2O2/c1-14(2)11-16-12-15(5-10-19(16)23)13-20(24)21-17-6-8-18(9-7-17)22(3)4/h5-10,12,14,23H,11,13H2,1-4H3,(H,21,24). The van der Waals surface area contributed by atoms with Crippen LogP contribution >= 0.6 is 0 Å². The average Bonchev–Trinajstić information content (AvgIpc) is 2.50. The van der Waals surface area contributed by atoms with Crippen LogP contribution in [0.3, 0.4) is 0 Å². The Morgan fingerprint density at radius 2 is 1.79 bits per heavy atom. The lowest BCUT2D eigenvalue weighted by atomic mass is 9.99. The Hall–Kier alpha value is -2.49. The molecule has 2 N–H and O–H groups in total. The van der Waals surface area contributed by atoms with Gasteiger partial charge in [0.05, 0.1) is 6.42 Å². The van der Waals surface area contributed by atoms with Crippen molar-refractivity contribution in [3.63, 3.8) is 0 Å². The van der Waals surface area contributed by atoms with Crippen molar-refractivity contribution in [3.05, 3.63) is 53.6 Å². The molecule has 0 heterocycles. The number of rotatable bonds is 6. The van der Waals surface area contributed by atoms with Gasteiger partial charge in [-0.3, -0.25) is 4.79 Å². The van der Waals surface area contributed by atoms with Crippen LogP contribution in [0.5, 0.6) is 5.75 Å². The summed E-state index contributed by atoms with van der Waals surface area (Å²) >= 11 is 0. The minimum Gasteiger partial charge on any atom is -0.508 e. The van der Waals surface area contributed by atoms with Gasteiger partial charge in [-0.1, -0.05) is 26.0 Å². The molecule has 0 bridgehead atoms. The summed E-state index contributed by atoms with van der Waals surface area (Å²) in [5.41, 5.74) is 3.67. The number of aromatic hydroxyl groups is 1. The summed E-state index contributed by atoms with van der Waals surface area (Å²) < 4.78 is 0.